The SMILES string of the molecule is CC(C)CC[C@H]1C[C@H]2c3c(cc4c(c31)OCO4)CCN1CCC[C@@H]21. The fourth-order valence-corrected chi connectivity index (χ4v) is 5.73. The van der Waals surface area contributed by atoms with Crippen molar-refractivity contribution >= 4 is 0 Å². The molecule has 0 radical (unpaired) electrons. The number of hydrogen-bond acceptors (Lipinski definition) is 3. The molecule has 4 aliphatic rings. The van der Waals surface area contributed by atoms with Gasteiger partial charge in [-0.25, -0.2) is 0 Å². The van der Waals surface area contributed by atoms with Crippen molar-refractivity contribution in [3.05, 3.63) is 22.8 Å². The molecule has 5 rings (SSSR count). The summed E-state index contributed by atoms with van der Waals surface area (Å²) in [6.45, 7) is 7.62. The van der Waals surface area contributed by atoms with Crippen LogP contribution in [0.15, 0.2) is 6.07 Å². The first-order valence-corrected chi connectivity index (χ1v) is 9.91. The van der Waals surface area contributed by atoms with Gasteiger partial charge in [0, 0.05) is 24.1 Å². The Labute approximate surface area is 145 Å². The van der Waals surface area contributed by atoms with Crippen molar-refractivity contribution in [3.63, 3.8) is 0 Å². The minimum atomic E-state index is 0.405. The maximum atomic E-state index is 5.97. The summed E-state index contributed by atoms with van der Waals surface area (Å²) in [6.07, 6.45) is 7.89. The van der Waals surface area contributed by atoms with Gasteiger partial charge in [0.2, 0.25) is 6.79 Å². The van der Waals surface area contributed by atoms with Crippen LogP contribution in [0.5, 0.6) is 11.5 Å². The summed E-state index contributed by atoms with van der Waals surface area (Å²) in [7, 11) is 0. The van der Waals surface area contributed by atoms with Gasteiger partial charge in [-0.15, -0.1) is 0 Å². The Morgan fingerprint density at radius 3 is 3.00 bits per heavy atom. The lowest BCUT2D eigenvalue weighted by Crippen LogP contribution is -2.33. The normalized spacial score (nSPS) is 30.5. The fraction of sp³-hybridized carbons (Fsp3) is 0.714. The molecule has 3 nitrogen and oxygen atoms in total. The van der Waals surface area contributed by atoms with Crippen LogP contribution >= 0.6 is 0 Å². The average Bonchev–Trinajstić information content (AvgIpc) is 3.25. The summed E-state index contributed by atoms with van der Waals surface area (Å²) in [5.74, 6) is 4.28. The molecule has 0 amide bonds. The Morgan fingerprint density at radius 1 is 1.21 bits per heavy atom. The molecule has 1 saturated heterocycles. The lowest BCUT2D eigenvalue weighted by molar-refractivity contribution is 0.173. The van der Waals surface area contributed by atoms with E-state index in [1.807, 2.05) is 0 Å². The Bertz CT molecular complexity index is 654. The van der Waals surface area contributed by atoms with Crippen molar-refractivity contribution in [1.29, 1.82) is 0 Å². The van der Waals surface area contributed by atoms with Crippen LogP contribution in [0, 0.1) is 5.92 Å². The molecule has 0 unspecified atom stereocenters. The highest BCUT2D eigenvalue weighted by atomic mass is 16.7. The monoisotopic (exact) mass is 327 g/mol. The van der Waals surface area contributed by atoms with Crippen molar-refractivity contribution in [2.45, 2.75) is 70.3 Å². The molecule has 1 aromatic carbocycles. The van der Waals surface area contributed by atoms with Gasteiger partial charge in [-0.3, -0.25) is 4.90 Å². The van der Waals surface area contributed by atoms with Gasteiger partial charge in [0.25, 0.3) is 0 Å². The number of nitrogens with zero attached hydrogens (tertiary/aromatic N) is 1. The third-order valence-corrected chi connectivity index (χ3v) is 6.78. The molecule has 0 spiro atoms. The molecule has 1 aromatic rings. The Hall–Kier alpha value is -1.22. The molecule has 1 fully saturated rings. The summed E-state index contributed by atoms with van der Waals surface area (Å²) in [6, 6.07) is 3.08. The van der Waals surface area contributed by atoms with Crippen LogP contribution in [0.3, 0.4) is 0 Å². The highest BCUT2D eigenvalue weighted by molar-refractivity contribution is 5.61. The van der Waals surface area contributed by atoms with Gasteiger partial charge >= 0.3 is 0 Å². The largest absolute Gasteiger partial charge is 0.454 e. The Kier molecular flexibility index (Phi) is 3.55. The van der Waals surface area contributed by atoms with Gasteiger partial charge in [0.1, 0.15) is 0 Å². The predicted octanol–water partition coefficient (Wildman–Crippen LogP) is 4.44. The molecule has 3 heteroatoms. The fourth-order valence-electron chi connectivity index (χ4n) is 5.73. The molecule has 0 bridgehead atoms. The van der Waals surface area contributed by atoms with Crippen LogP contribution in [0.2, 0.25) is 0 Å². The van der Waals surface area contributed by atoms with Crippen molar-refractivity contribution in [1.82, 2.24) is 4.90 Å². The van der Waals surface area contributed by atoms with Gasteiger partial charge in [0.15, 0.2) is 11.5 Å². The second kappa shape index (κ2) is 5.66. The molecule has 130 valence electrons. The second-order valence-electron chi connectivity index (χ2n) is 8.60. The van der Waals surface area contributed by atoms with Crippen LogP contribution in [-0.4, -0.2) is 30.8 Å². The van der Waals surface area contributed by atoms with Gasteiger partial charge in [-0.05, 0) is 67.7 Å². The number of fused-ring (bicyclic) bond motifs is 4. The van der Waals surface area contributed by atoms with Crippen LogP contribution in [0.1, 0.15) is 74.5 Å². The molecular formula is C21H29NO2. The predicted molar refractivity (Wildman–Crippen MR) is 95.0 cm³/mol. The van der Waals surface area contributed by atoms with Crippen molar-refractivity contribution in [2.24, 2.45) is 5.92 Å². The van der Waals surface area contributed by atoms with Gasteiger partial charge < -0.3 is 9.47 Å². The topological polar surface area (TPSA) is 21.7 Å². The molecule has 3 heterocycles. The third kappa shape index (κ3) is 2.20. The van der Waals surface area contributed by atoms with E-state index in [0.29, 0.717) is 12.7 Å². The summed E-state index contributed by atoms with van der Waals surface area (Å²) in [5.41, 5.74) is 4.77. The summed E-state index contributed by atoms with van der Waals surface area (Å²) in [5, 5.41) is 0. The number of ether oxygens (including phenoxy) is 2. The summed E-state index contributed by atoms with van der Waals surface area (Å²) >= 11 is 0. The number of rotatable bonds is 3. The first-order valence-electron chi connectivity index (χ1n) is 9.91. The summed E-state index contributed by atoms with van der Waals surface area (Å²) < 4.78 is 11.8. The van der Waals surface area contributed by atoms with Gasteiger partial charge in [-0.2, -0.15) is 0 Å². The first kappa shape index (κ1) is 15.1. The van der Waals surface area contributed by atoms with E-state index in [2.05, 4.69) is 24.8 Å². The van der Waals surface area contributed by atoms with Crippen molar-refractivity contribution in [2.75, 3.05) is 19.9 Å². The Morgan fingerprint density at radius 2 is 2.12 bits per heavy atom. The smallest absolute Gasteiger partial charge is 0.231 e. The lowest BCUT2D eigenvalue weighted by atomic mass is 9.89. The highest BCUT2D eigenvalue weighted by Crippen LogP contribution is 2.57. The summed E-state index contributed by atoms with van der Waals surface area (Å²) in [4.78, 5) is 2.77. The van der Waals surface area contributed by atoms with E-state index in [-0.39, 0.29) is 0 Å². The molecule has 24 heavy (non-hydrogen) atoms. The van der Waals surface area contributed by atoms with Crippen molar-refractivity contribution in [3.8, 4) is 11.5 Å². The third-order valence-electron chi connectivity index (χ3n) is 6.78. The maximum Gasteiger partial charge on any atom is 0.231 e. The zero-order chi connectivity index (χ0) is 16.3. The molecule has 0 N–H and O–H groups in total. The zero-order valence-corrected chi connectivity index (χ0v) is 15.0. The maximum absolute atomic E-state index is 5.97. The molecule has 1 aliphatic carbocycles. The van der Waals surface area contributed by atoms with E-state index < -0.39 is 0 Å². The number of benzene rings is 1. The zero-order valence-electron chi connectivity index (χ0n) is 15.0. The molecule has 0 aromatic heterocycles. The molecule has 0 saturated carbocycles. The Balaban J connectivity index is 1.60. The lowest BCUT2D eigenvalue weighted by Gasteiger charge is -2.27. The van der Waals surface area contributed by atoms with Crippen LogP contribution in [-0.2, 0) is 6.42 Å². The first-order chi connectivity index (χ1) is 11.7. The van der Waals surface area contributed by atoms with E-state index in [1.54, 1.807) is 16.7 Å². The minimum Gasteiger partial charge on any atom is -0.454 e. The number of hydrogen-bond donors (Lipinski definition) is 0. The van der Waals surface area contributed by atoms with E-state index in [9.17, 15) is 0 Å². The highest BCUT2D eigenvalue weighted by Gasteiger charge is 2.45. The molecular weight excluding hydrogens is 298 g/mol. The van der Waals surface area contributed by atoms with E-state index >= 15 is 0 Å². The standard InChI is InChI=1S/C21H29NO2/c1-13(2)5-6-14-10-16-17-4-3-8-22(17)9-7-15-11-18-21(24-12-23-18)20(14)19(15)16/h11,13-14,16-17H,3-10,12H2,1-2H3/t14-,16+,17-/m0/s1. The van der Waals surface area contributed by atoms with Crippen LogP contribution < -0.4 is 9.47 Å². The van der Waals surface area contributed by atoms with Crippen molar-refractivity contribution < 1.29 is 9.47 Å². The minimum absolute atomic E-state index is 0.405. The average molecular weight is 327 g/mol. The van der Waals surface area contributed by atoms with E-state index in [4.69, 9.17) is 9.47 Å². The van der Waals surface area contributed by atoms with Gasteiger partial charge in [-0.1, -0.05) is 20.3 Å². The molecule has 3 atom stereocenters. The quantitative estimate of drug-likeness (QED) is 0.819. The van der Waals surface area contributed by atoms with Crippen LogP contribution in [0.4, 0.5) is 0 Å². The second-order valence-corrected chi connectivity index (χ2v) is 8.60. The molecule has 3 aliphatic heterocycles. The van der Waals surface area contributed by atoms with E-state index in [1.165, 1.54) is 51.6 Å². The van der Waals surface area contributed by atoms with E-state index in [0.717, 1.165) is 29.4 Å². The van der Waals surface area contributed by atoms with Gasteiger partial charge in [0.05, 0.1) is 0 Å². The van der Waals surface area contributed by atoms with Crippen LogP contribution in [0.25, 0.3) is 0 Å².